The molecule has 0 bridgehead atoms. The molecule has 0 aromatic rings. The Morgan fingerprint density at radius 3 is 0.551 bits per heavy atom. The van der Waals surface area contributed by atoms with Gasteiger partial charge in [0.2, 0.25) is 0 Å². The average molecular weight is 878 g/mol. The molecule has 10 nitrogen and oxygen atoms in total. The highest BCUT2D eigenvalue weighted by Gasteiger charge is 2.63. The maximum absolute atomic E-state index is 7.19. The van der Waals surface area contributed by atoms with Gasteiger partial charge < -0.3 is 41.2 Å². The van der Waals surface area contributed by atoms with E-state index in [1.807, 2.05) is 101 Å². The van der Waals surface area contributed by atoms with E-state index < -0.39 is 93.7 Å². The van der Waals surface area contributed by atoms with Crippen LogP contribution in [0.1, 0.15) is 0 Å². The molecule has 0 spiro atoms. The van der Waals surface area contributed by atoms with Crippen molar-refractivity contribution in [3.8, 4) is 0 Å². The molecule has 0 aliphatic carbocycles. The fraction of sp³-hybridized carbons (Fsp3) is 0.714. The minimum atomic E-state index is -4.26. The second-order valence-electron chi connectivity index (χ2n) is 17.1. The Labute approximate surface area is 313 Å². The highest BCUT2D eigenvalue weighted by Crippen LogP contribution is 2.35. The van der Waals surface area contributed by atoms with E-state index in [0.29, 0.717) is 0 Å². The summed E-state index contributed by atoms with van der Waals surface area (Å²) in [6, 6.07) is 0. The molecule has 0 aliphatic heterocycles. The van der Waals surface area contributed by atoms with Crippen molar-refractivity contribution in [2.75, 3.05) is 0 Å². The SMILES string of the molecule is C=C[Si](C)(C)O[Si](C)(C)O[Si](C)(C)O[Si](O[Si](C)(C)O[Si](C)(C)C=C)(O[Si](C)(C)O[Si](C)(C)C=C)O[Si](C)(C)O[Si](C)(C)O[Si](C)(C)C=C. The highest BCUT2D eigenvalue weighted by atomic mass is 28.6. The summed E-state index contributed by atoms with van der Waals surface area (Å²) in [5, 5.41) is 0. The molecule has 0 saturated carbocycles. The van der Waals surface area contributed by atoms with Gasteiger partial charge in [-0.3, -0.25) is 0 Å². The van der Waals surface area contributed by atoms with Crippen LogP contribution in [0.15, 0.2) is 49.1 Å². The van der Waals surface area contributed by atoms with Gasteiger partial charge in [-0.25, -0.2) is 0 Å². The molecule has 0 radical (unpaired) electrons. The van der Waals surface area contributed by atoms with Crippen LogP contribution in [-0.4, -0.2) is 93.7 Å². The summed E-state index contributed by atoms with van der Waals surface area (Å²) in [7, 11) is -31.1. The zero-order valence-electron chi connectivity index (χ0n) is 34.7. The quantitative estimate of drug-likeness (QED) is 0.0874. The molecule has 0 amide bonds. The summed E-state index contributed by atoms with van der Waals surface area (Å²) >= 11 is 0. The topological polar surface area (TPSA) is 92.3 Å². The summed E-state index contributed by atoms with van der Waals surface area (Å²) in [5.74, 6) is 0. The first-order chi connectivity index (χ1) is 21.3. The van der Waals surface area contributed by atoms with Gasteiger partial charge in [-0.2, -0.15) is 0 Å². The minimum Gasteiger partial charge on any atom is -0.433 e. The molecule has 0 aromatic carbocycles. The lowest BCUT2D eigenvalue weighted by Crippen LogP contribution is -2.71. The van der Waals surface area contributed by atoms with E-state index in [9.17, 15) is 0 Å². The van der Waals surface area contributed by atoms with Gasteiger partial charge in [0.05, 0.1) is 0 Å². The molecular weight excluding hydrogens is 805 g/mol. The molecule has 0 heterocycles. The molecule has 0 unspecified atom stereocenters. The summed E-state index contributed by atoms with van der Waals surface area (Å²) in [5.41, 5.74) is 7.62. The number of hydrogen-bond donors (Lipinski definition) is 0. The van der Waals surface area contributed by atoms with Crippen LogP contribution >= 0.6 is 0 Å². The van der Waals surface area contributed by atoms with Gasteiger partial charge in [-0.1, -0.05) is 22.8 Å². The van der Waals surface area contributed by atoms with Gasteiger partial charge in [0.1, 0.15) is 0 Å². The smallest absolute Gasteiger partial charge is 0.433 e. The average Bonchev–Trinajstić information content (AvgIpc) is 2.77. The van der Waals surface area contributed by atoms with Crippen LogP contribution in [0.2, 0.25) is 131 Å². The Morgan fingerprint density at radius 1 is 0.245 bits per heavy atom. The van der Waals surface area contributed by atoms with Crippen LogP contribution in [-0.2, 0) is 41.2 Å². The van der Waals surface area contributed by atoms with Crippen molar-refractivity contribution in [3.63, 3.8) is 0 Å². The first-order valence-corrected chi connectivity index (χ1v) is 47.3. The molecule has 0 fully saturated rings. The van der Waals surface area contributed by atoms with Gasteiger partial charge in [-0.15, -0.1) is 26.3 Å². The van der Waals surface area contributed by atoms with Crippen LogP contribution in [0.5, 0.6) is 0 Å². The second kappa shape index (κ2) is 17.2. The monoisotopic (exact) mass is 876 g/mol. The molecule has 0 N–H and O–H groups in total. The van der Waals surface area contributed by atoms with Crippen LogP contribution < -0.4 is 0 Å². The van der Waals surface area contributed by atoms with Gasteiger partial charge in [0, 0.05) is 0 Å². The predicted octanol–water partition coefficient (Wildman–Crippen LogP) is 9.52. The van der Waals surface area contributed by atoms with E-state index in [-0.39, 0.29) is 0 Å². The molecule has 0 aromatic heterocycles. The Balaban J connectivity index is 7.50. The molecular formula is C28H72O10Si11. The first-order valence-electron chi connectivity index (χ1n) is 16.9. The Morgan fingerprint density at radius 2 is 0.388 bits per heavy atom. The number of hydrogen-bond acceptors (Lipinski definition) is 10. The van der Waals surface area contributed by atoms with E-state index >= 15 is 0 Å². The summed E-state index contributed by atoms with van der Waals surface area (Å²) in [4.78, 5) is 0. The van der Waals surface area contributed by atoms with Crippen LogP contribution in [0.4, 0.5) is 0 Å². The Bertz CT molecular complexity index is 1070. The normalized spacial score (nSPS) is 15.3. The molecule has 21 heteroatoms. The van der Waals surface area contributed by atoms with E-state index in [2.05, 4.69) is 78.7 Å². The van der Waals surface area contributed by atoms with Gasteiger partial charge >= 0.3 is 60.4 Å². The van der Waals surface area contributed by atoms with Gasteiger partial charge in [0.25, 0.3) is 0 Å². The first kappa shape index (κ1) is 49.9. The van der Waals surface area contributed by atoms with E-state index in [1.54, 1.807) is 0 Å². The molecule has 49 heavy (non-hydrogen) atoms. The van der Waals surface area contributed by atoms with Crippen molar-refractivity contribution in [2.24, 2.45) is 0 Å². The van der Waals surface area contributed by atoms with Crippen LogP contribution in [0.3, 0.4) is 0 Å². The predicted molar refractivity (Wildman–Crippen MR) is 232 cm³/mol. The van der Waals surface area contributed by atoms with Crippen molar-refractivity contribution in [2.45, 2.75) is 131 Å². The van der Waals surface area contributed by atoms with Crippen molar-refractivity contribution >= 4 is 93.7 Å². The lowest BCUT2D eigenvalue weighted by Gasteiger charge is -2.48. The summed E-state index contributed by atoms with van der Waals surface area (Å²) < 4.78 is 69.3. The van der Waals surface area contributed by atoms with E-state index in [0.717, 1.165) is 0 Å². The summed E-state index contributed by atoms with van der Waals surface area (Å²) in [6.07, 6.45) is 0. The maximum atomic E-state index is 7.19. The molecule has 0 aliphatic rings. The zero-order chi connectivity index (χ0) is 39.4. The molecule has 0 saturated heterocycles. The fourth-order valence-corrected chi connectivity index (χ4v) is 52.5. The Hall–Kier alpha value is 0.946. The van der Waals surface area contributed by atoms with Crippen molar-refractivity contribution in [3.05, 3.63) is 49.1 Å². The van der Waals surface area contributed by atoms with Crippen molar-refractivity contribution in [1.82, 2.24) is 0 Å². The highest BCUT2D eigenvalue weighted by molar-refractivity contribution is 6.96. The Kier molecular flexibility index (Phi) is 17.5. The van der Waals surface area contributed by atoms with Crippen LogP contribution in [0.25, 0.3) is 0 Å². The minimum absolute atomic E-state index is 1.90. The van der Waals surface area contributed by atoms with Crippen molar-refractivity contribution < 1.29 is 41.2 Å². The van der Waals surface area contributed by atoms with E-state index in [1.165, 1.54) is 0 Å². The third kappa shape index (κ3) is 20.3. The van der Waals surface area contributed by atoms with Gasteiger partial charge in [-0.05, 0) is 131 Å². The largest absolute Gasteiger partial charge is 0.643 e. The molecule has 0 rings (SSSR count). The second-order valence-corrected chi connectivity index (χ2v) is 57.6. The molecule has 0 atom stereocenters. The van der Waals surface area contributed by atoms with E-state index in [4.69, 9.17) is 41.2 Å². The van der Waals surface area contributed by atoms with Crippen LogP contribution in [0, 0.1) is 0 Å². The van der Waals surface area contributed by atoms with Gasteiger partial charge in [0.15, 0.2) is 33.3 Å². The summed E-state index contributed by atoms with van der Waals surface area (Å²) in [6.45, 7) is 56.9. The third-order valence-electron chi connectivity index (χ3n) is 6.47. The lowest BCUT2D eigenvalue weighted by atomic mass is 11.3. The lowest BCUT2D eigenvalue weighted by molar-refractivity contribution is 0.100. The third-order valence-corrected chi connectivity index (χ3v) is 46.4. The molecule has 288 valence electrons. The van der Waals surface area contributed by atoms with Crippen molar-refractivity contribution in [1.29, 1.82) is 0 Å². The standard InChI is InChI=1S/C28H72O10Si11/c1-25-39(5,6)29-43(13,14)33-47(21,22)37-49(35-45(17,18)31-41(9,10)27-3,36-46(19,20)32-42(11,12)28-4)38-48(23,24)34-44(15,16)30-40(7,8)26-2/h25-28H,1-4H2,5-24H3. The fourth-order valence-electron chi connectivity index (χ4n) is 5.34. The maximum Gasteiger partial charge on any atom is 0.643 e. The number of rotatable bonds is 24. The zero-order valence-corrected chi connectivity index (χ0v) is 45.7.